The fourth-order valence-corrected chi connectivity index (χ4v) is 0.839. The summed E-state index contributed by atoms with van der Waals surface area (Å²) in [6.07, 6.45) is -6.05. The Labute approximate surface area is 76.0 Å². The smallest absolute Gasteiger partial charge is 0.183 e. The van der Waals surface area contributed by atoms with E-state index in [2.05, 4.69) is 4.74 Å². The Balaban J connectivity index is 3.99. The zero-order valence-electron chi connectivity index (χ0n) is 7.37. The number of rotatable bonds is 6. The lowest BCUT2D eigenvalue weighted by Crippen LogP contribution is -2.45. The molecule has 0 spiro atoms. The normalized spacial score (nSPS) is 20.8. The highest BCUT2D eigenvalue weighted by atomic mass is 16.6. The first-order chi connectivity index (χ1) is 6.04. The molecular weight excluding hydrogens is 180 g/mol. The summed E-state index contributed by atoms with van der Waals surface area (Å²) in [5, 5.41) is 44.7. The van der Waals surface area contributed by atoms with Gasteiger partial charge in [-0.3, -0.25) is 0 Å². The summed E-state index contributed by atoms with van der Waals surface area (Å²) in [4.78, 5) is 0. The molecule has 6 nitrogen and oxygen atoms in total. The maximum absolute atomic E-state index is 9.17. The van der Waals surface area contributed by atoms with Crippen LogP contribution >= 0.6 is 0 Å². The Morgan fingerprint density at radius 1 is 1.08 bits per heavy atom. The molecule has 0 heterocycles. The SMILES string of the molecule is COC(O)C(O)C(O)C(O)CCO. The van der Waals surface area contributed by atoms with Crippen molar-refractivity contribution < 1.29 is 30.3 Å². The predicted octanol–water partition coefficient (Wildman–Crippen LogP) is -2.58. The second-order valence-corrected chi connectivity index (χ2v) is 2.69. The number of ether oxygens (including phenoxy) is 1. The van der Waals surface area contributed by atoms with Crippen LogP contribution in [0.2, 0.25) is 0 Å². The predicted molar refractivity (Wildman–Crippen MR) is 42.7 cm³/mol. The molecule has 0 aliphatic rings. The van der Waals surface area contributed by atoms with Crippen LogP contribution < -0.4 is 0 Å². The molecule has 0 bridgehead atoms. The minimum Gasteiger partial charge on any atom is -0.396 e. The number of hydrogen-bond donors (Lipinski definition) is 5. The quantitative estimate of drug-likeness (QED) is 0.298. The van der Waals surface area contributed by atoms with Crippen LogP contribution in [0.15, 0.2) is 0 Å². The molecule has 0 aromatic carbocycles. The summed E-state index contributed by atoms with van der Waals surface area (Å²) in [7, 11) is 1.15. The van der Waals surface area contributed by atoms with Crippen molar-refractivity contribution in [2.75, 3.05) is 13.7 Å². The molecule has 0 rings (SSSR count). The lowest BCUT2D eigenvalue weighted by molar-refractivity contribution is -0.191. The van der Waals surface area contributed by atoms with E-state index in [4.69, 9.17) is 25.5 Å². The molecule has 6 heteroatoms. The Kier molecular flexibility index (Phi) is 6.13. The summed E-state index contributed by atoms with van der Waals surface area (Å²) in [6.45, 7) is -0.311. The molecule has 0 aromatic rings. The Hall–Kier alpha value is -0.240. The molecule has 0 radical (unpaired) electrons. The minimum absolute atomic E-state index is 0.0747. The second kappa shape index (κ2) is 6.25. The molecule has 0 fully saturated rings. The molecule has 0 aromatic heterocycles. The van der Waals surface area contributed by atoms with E-state index >= 15 is 0 Å². The van der Waals surface area contributed by atoms with Gasteiger partial charge >= 0.3 is 0 Å². The largest absolute Gasteiger partial charge is 0.396 e. The molecular formula is C7H16O6. The van der Waals surface area contributed by atoms with Crippen molar-refractivity contribution in [3.63, 3.8) is 0 Å². The highest BCUT2D eigenvalue weighted by Crippen LogP contribution is 2.07. The fourth-order valence-electron chi connectivity index (χ4n) is 0.839. The molecule has 0 amide bonds. The monoisotopic (exact) mass is 196 g/mol. The van der Waals surface area contributed by atoms with E-state index in [-0.39, 0.29) is 13.0 Å². The van der Waals surface area contributed by atoms with Crippen LogP contribution in [0, 0.1) is 0 Å². The van der Waals surface area contributed by atoms with Crippen LogP contribution in [0.3, 0.4) is 0 Å². The first kappa shape index (κ1) is 12.8. The Morgan fingerprint density at radius 2 is 1.62 bits per heavy atom. The number of aliphatic hydroxyl groups is 5. The first-order valence-corrected chi connectivity index (χ1v) is 3.90. The average molecular weight is 196 g/mol. The van der Waals surface area contributed by atoms with Gasteiger partial charge in [0.15, 0.2) is 6.29 Å². The second-order valence-electron chi connectivity index (χ2n) is 2.69. The summed E-state index contributed by atoms with van der Waals surface area (Å²) in [5.41, 5.74) is 0. The van der Waals surface area contributed by atoms with Crippen molar-refractivity contribution >= 4 is 0 Å². The maximum Gasteiger partial charge on any atom is 0.183 e. The van der Waals surface area contributed by atoms with E-state index in [9.17, 15) is 0 Å². The molecule has 13 heavy (non-hydrogen) atoms. The van der Waals surface area contributed by atoms with Gasteiger partial charge in [-0.1, -0.05) is 0 Å². The third kappa shape index (κ3) is 3.99. The summed E-state index contributed by atoms with van der Waals surface area (Å²) >= 11 is 0. The van der Waals surface area contributed by atoms with E-state index in [1.54, 1.807) is 0 Å². The third-order valence-electron chi connectivity index (χ3n) is 1.70. The Bertz CT molecular complexity index is 130. The minimum atomic E-state index is -1.59. The van der Waals surface area contributed by atoms with Crippen LogP contribution in [-0.2, 0) is 4.74 Å². The van der Waals surface area contributed by atoms with Crippen LogP contribution in [0.5, 0.6) is 0 Å². The van der Waals surface area contributed by atoms with Crippen molar-refractivity contribution in [2.45, 2.75) is 31.0 Å². The zero-order valence-corrected chi connectivity index (χ0v) is 7.37. The van der Waals surface area contributed by atoms with E-state index in [1.165, 1.54) is 0 Å². The van der Waals surface area contributed by atoms with Gasteiger partial charge in [-0.05, 0) is 6.42 Å². The van der Waals surface area contributed by atoms with Gasteiger partial charge in [-0.2, -0.15) is 0 Å². The molecule has 0 aliphatic heterocycles. The van der Waals surface area contributed by atoms with Gasteiger partial charge < -0.3 is 30.3 Å². The zero-order chi connectivity index (χ0) is 10.4. The molecule has 80 valence electrons. The van der Waals surface area contributed by atoms with Crippen molar-refractivity contribution in [1.29, 1.82) is 0 Å². The molecule has 0 aliphatic carbocycles. The number of methoxy groups -OCH3 is 1. The Morgan fingerprint density at radius 3 is 2.00 bits per heavy atom. The van der Waals surface area contributed by atoms with Crippen molar-refractivity contribution in [2.24, 2.45) is 0 Å². The number of hydrogen-bond acceptors (Lipinski definition) is 6. The van der Waals surface area contributed by atoms with Crippen LogP contribution in [0.25, 0.3) is 0 Å². The summed E-state index contributed by atoms with van der Waals surface area (Å²) < 4.78 is 4.33. The van der Waals surface area contributed by atoms with Crippen LogP contribution in [0.4, 0.5) is 0 Å². The van der Waals surface area contributed by atoms with E-state index in [0.717, 1.165) is 7.11 Å². The van der Waals surface area contributed by atoms with Gasteiger partial charge in [0.05, 0.1) is 6.10 Å². The third-order valence-corrected chi connectivity index (χ3v) is 1.70. The number of aliphatic hydroxyl groups excluding tert-OH is 5. The maximum atomic E-state index is 9.17. The topological polar surface area (TPSA) is 110 Å². The van der Waals surface area contributed by atoms with Gasteiger partial charge in [0.2, 0.25) is 0 Å². The van der Waals surface area contributed by atoms with Gasteiger partial charge in [-0.15, -0.1) is 0 Å². The lowest BCUT2D eigenvalue weighted by Gasteiger charge is -2.25. The van der Waals surface area contributed by atoms with Crippen LogP contribution in [0.1, 0.15) is 6.42 Å². The highest BCUT2D eigenvalue weighted by molar-refractivity contribution is 4.76. The fraction of sp³-hybridized carbons (Fsp3) is 1.00. The van der Waals surface area contributed by atoms with E-state index in [0.29, 0.717) is 0 Å². The van der Waals surface area contributed by atoms with Gasteiger partial charge in [-0.25, -0.2) is 0 Å². The van der Waals surface area contributed by atoms with Crippen molar-refractivity contribution in [3.05, 3.63) is 0 Å². The first-order valence-electron chi connectivity index (χ1n) is 3.90. The van der Waals surface area contributed by atoms with Gasteiger partial charge in [0.1, 0.15) is 12.2 Å². The highest BCUT2D eigenvalue weighted by Gasteiger charge is 2.29. The summed E-state index contributed by atoms with van der Waals surface area (Å²) in [5.74, 6) is 0. The standard InChI is InChI=1S/C7H16O6/c1-13-7(12)6(11)5(10)4(9)2-3-8/h4-12H,2-3H2,1H3. The van der Waals surface area contributed by atoms with Crippen LogP contribution in [-0.4, -0.2) is 63.9 Å². The average Bonchev–Trinajstić information content (AvgIpc) is 2.14. The molecule has 0 saturated carbocycles. The lowest BCUT2D eigenvalue weighted by atomic mass is 10.1. The molecule has 5 N–H and O–H groups in total. The molecule has 4 unspecified atom stereocenters. The molecule has 0 saturated heterocycles. The van der Waals surface area contributed by atoms with Gasteiger partial charge in [0, 0.05) is 13.7 Å². The van der Waals surface area contributed by atoms with E-state index < -0.39 is 24.6 Å². The molecule has 4 atom stereocenters. The van der Waals surface area contributed by atoms with E-state index in [1.807, 2.05) is 0 Å². The summed E-state index contributed by atoms with van der Waals surface area (Å²) in [6, 6.07) is 0. The van der Waals surface area contributed by atoms with Gasteiger partial charge in [0.25, 0.3) is 0 Å². The van der Waals surface area contributed by atoms with Crippen molar-refractivity contribution in [3.8, 4) is 0 Å². The van der Waals surface area contributed by atoms with Crippen molar-refractivity contribution in [1.82, 2.24) is 0 Å².